The number of hydrogen-bond acceptors (Lipinski definition) is 2. The summed E-state index contributed by atoms with van der Waals surface area (Å²) in [5.41, 5.74) is 14.2. The lowest BCUT2D eigenvalue weighted by Gasteiger charge is -2.26. The highest BCUT2D eigenvalue weighted by molar-refractivity contribution is 7.26. The van der Waals surface area contributed by atoms with E-state index < -0.39 is 0 Å². The van der Waals surface area contributed by atoms with E-state index in [4.69, 9.17) is 0 Å². The molecule has 2 aromatic heterocycles. The molecule has 0 fully saturated rings. The molecule has 0 amide bonds. The molecular formula is C54H36N2S. The summed E-state index contributed by atoms with van der Waals surface area (Å²) in [5.74, 6) is 0. The Morgan fingerprint density at radius 3 is 1.47 bits per heavy atom. The van der Waals surface area contributed by atoms with Crippen molar-refractivity contribution in [2.45, 2.75) is 0 Å². The second-order valence-corrected chi connectivity index (χ2v) is 15.6. The number of para-hydroxylation sites is 2. The van der Waals surface area contributed by atoms with E-state index in [1.54, 1.807) is 0 Å². The molecule has 0 aliphatic rings. The molecule has 0 saturated heterocycles. The van der Waals surface area contributed by atoms with Crippen molar-refractivity contribution in [3.8, 4) is 39.1 Å². The number of hydrogen-bond donors (Lipinski definition) is 0. The molecule has 57 heavy (non-hydrogen) atoms. The Labute approximate surface area is 335 Å². The summed E-state index contributed by atoms with van der Waals surface area (Å²) in [6.45, 7) is 0. The highest BCUT2D eigenvalue weighted by Crippen LogP contribution is 2.43. The first-order chi connectivity index (χ1) is 28.3. The second-order valence-electron chi connectivity index (χ2n) is 14.5. The Balaban J connectivity index is 0.975. The van der Waals surface area contributed by atoms with Crippen LogP contribution in [0.15, 0.2) is 218 Å². The maximum Gasteiger partial charge on any atom is 0.0541 e. The predicted molar refractivity (Wildman–Crippen MR) is 245 cm³/mol. The zero-order valence-corrected chi connectivity index (χ0v) is 31.9. The van der Waals surface area contributed by atoms with Crippen molar-refractivity contribution in [1.29, 1.82) is 0 Å². The number of thiophene rings is 1. The van der Waals surface area contributed by atoms with Crippen molar-refractivity contribution in [3.63, 3.8) is 0 Å². The van der Waals surface area contributed by atoms with E-state index >= 15 is 0 Å². The molecular weight excluding hydrogens is 709 g/mol. The normalized spacial score (nSPS) is 11.5. The highest BCUT2D eigenvalue weighted by atomic mass is 32.1. The minimum Gasteiger partial charge on any atom is -0.310 e. The van der Waals surface area contributed by atoms with E-state index in [9.17, 15) is 0 Å². The van der Waals surface area contributed by atoms with E-state index in [1.807, 2.05) is 11.3 Å². The predicted octanol–water partition coefficient (Wildman–Crippen LogP) is 15.6. The SMILES string of the molecule is c1ccc(-c2ccc(N(c3ccc(-c4ccc(-n5c6ccccc6c6ccccc65)cc4)cc3)c3cccc(-c4cccc5c4sc4ccccc45)c3)cc2)cc1. The molecule has 0 atom stereocenters. The van der Waals surface area contributed by atoms with Gasteiger partial charge in [0, 0.05) is 53.7 Å². The molecule has 11 aromatic rings. The maximum atomic E-state index is 2.37. The quantitative estimate of drug-likeness (QED) is 0.158. The van der Waals surface area contributed by atoms with Crippen molar-refractivity contribution in [2.24, 2.45) is 0 Å². The lowest BCUT2D eigenvalue weighted by Crippen LogP contribution is -2.10. The fraction of sp³-hybridized carbons (Fsp3) is 0. The first-order valence-corrected chi connectivity index (χ1v) is 20.2. The van der Waals surface area contributed by atoms with E-state index in [0.29, 0.717) is 0 Å². The smallest absolute Gasteiger partial charge is 0.0541 e. The van der Waals surface area contributed by atoms with Crippen molar-refractivity contribution >= 4 is 70.4 Å². The third-order valence-electron chi connectivity index (χ3n) is 11.2. The minimum atomic E-state index is 1.10. The molecule has 0 spiro atoms. The third-order valence-corrected chi connectivity index (χ3v) is 12.4. The molecule has 0 aliphatic carbocycles. The maximum absolute atomic E-state index is 2.37. The Bertz CT molecular complexity index is 3160. The summed E-state index contributed by atoms with van der Waals surface area (Å²) in [7, 11) is 0. The highest BCUT2D eigenvalue weighted by Gasteiger charge is 2.17. The molecule has 0 saturated carbocycles. The van der Waals surface area contributed by atoms with E-state index in [0.717, 1.165) is 22.7 Å². The molecule has 9 aromatic carbocycles. The number of fused-ring (bicyclic) bond motifs is 6. The van der Waals surface area contributed by atoms with Crippen LogP contribution in [0.25, 0.3) is 81.0 Å². The monoisotopic (exact) mass is 744 g/mol. The molecule has 0 N–H and O–H groups in total. The van der Waals surface area contributed by atoms with Crippen molar-refractivity contribution < 1.29 is 0 Å². The molecule has 268 valence electrons. The standard InChI is InChI=1S/C54H36N2S/c1-2-12-37(13-3-1)38-24-30-42(31-25-38)55(45-15-10-14-41(36-45)46-19-11-20-50-49-18-6-9-23-53(49)57-54(46)50)43-32-26-39(27-33-43)40-28-34-44(35-29-40)56-51-21-7-4-16-47(51)48-17-5-8-22-52(48)56/h1-36H. The van der Waals surface area contributed by atoms with Gasteiger partial charge in [-0.1, -0.05) is 152 Å². The zero-order valence-electron chi connectivity index (χ0n) is 31.1. The summed E-state index contributed by atoms with van der Waals surface area (Å²) in [6.07, 6.45) is 0. The van der Waals surface area contributed by atoms with Gasteiger partial charge in [0.05, 0.1) is 11.0 Å². The topological polar surface area (TPSA) is 8.17 Å². The van der Waals surface area contributed by atoms with Crippen LogP contribution >= 0.6 is 11.3 Å². The minimum absolute atomic E-state index is 1.10. The lowest BCUT2D eigenvalue weighted by atomic mass is 10.0. The van der Waals surface area contributed by atoms with Crippen LogP contribution in [0.4, 0.5) is 17.1 Å². The fourth-order valence-corrected chi connectivity index (χ4v) is 9.71. The first kappa shape index (κ1) is 33.2. The van der Waals surface area contributed by atoms with Gasteiger partial charge < -0.3 is 9.47 Å². The van der Waals surface area contributed by atoms with E-state index in [1.165, 1.54) is 75.4 Å². The summed E-state index contributed by atoms with van der Waals surface area (Å²) < 4.78 is 5.01. The Morgan fingerprint density at radius 2 is 0.825 bits per heavy atom. The van der Waals surface area contributed by atoms with Crippen LogP contribution in [0.3, 0.4) is 0 Å². The van der Waals surface area contributed by atoms with Crippen molar-refractivity contribution in [2.75, 3.05) is 4.90 Å². The molecule has 0 bridgehead atoms. The van der Waals surface area contributed by atoms with Crippen molar-refractivity contribution in [1.82, 2.24) is 4.57 Å². The van der Waals surface area contributed by atoms with E-state index in [-0.39, 0.29) is 0 Å². The number of aromatic nitrogens is 1. The van der Waals surface area contributed by atoms with Gasteiger partial charge in [0.2, 0.25) is 0 Å². The van der Waals surface area contributed by atoms with Crippen LogP contribution in [0.2, 0.25) is 0 Å². The molecule has 3 heteroatoms. The van der Waals surface area contributed by atoms with Crippen LogP contribution in [0.5, 0.6) is 0 Å². The number of rotatable bonds is 7. The Kier molecular flexibility index (Phi) is 8.04. The molecule has 2 nitrogen and oxygen atoms in total. The average Bonchev–Trinajstić information content (AvgIpc) is 3.84. The molecule has 2 heterocycles. The Hall–Kier alpha value is -7.20. The molecule has 11 rings (SSSR count). The van der Waals surface area contributed by atoms with Crippen molar-refractivity contribution in [3.05, 3.63) is 218 Å². The largest absolute Gasteiger partial charge is 0.310 e. The van der Waals surface area contributed by atoms with Crippen LogP contribution in [0.1, 0.15) is 0 Å². The molecule has 0 unspecified atom stereocenters. The van der Waals surface area contributed by atoms with Crippen LogP contribution in [0, 0.1) is 0 Å². The van der Waals surface area contributed by atoms with Crippen LogP contribution < -0.4 is 4.90 Å². The van der Waals surface area contributed by atoms with Gasteiger partial charge >= 0.3 is 0 Å². The number of benzene rings is 9. The van der Waals surface area contributed by atoms with Crippen LogP contribution in [-0.4, -0.2) is 4.57 Å². The first-order valence-electron chi connectivity index (χ1n) is 19.4. The summed E-state index contributed by atoms with van der Waals surface area (Å²) in [6, 6.07) is 79.3. The summed E-state index contributed by atoms with van der Waals surface area (Å²) >= 11 is 1.87. The molecule has 0 aliphatic heterocycles. The Morgan fingerprint density at radius 1 is 0.333 bits per heavy atom. The van der Waals surface area contributed by atoms with Gasteiger partial charge in [-0.2, -0.15) is 0 Å². The number of anilines is 3. The van der Waals surface area contributed by atoms with Gasteiger partial charge in [-0.15, -0.1) is 11.3 Å². The summed E-state index contributed by atoms with van der Waals surface area (Å²) in [5, 5.41) is 5.17. The van der Waals surface area contributed by atoms with E-state index in [2.05, 4.69) is 228 Å². The van der Waals surface area contributed by atoms with Gasteiger partial charge in [0.15, 0.2) is 0 Å². The average molecular weight is 745 g/mol. The second kappa shape index (κ2) is 13.8. The zero-order chi connectivity index (χ0) is 37.7. The van der Waals surface area contributed by atoms with Gasteiger partial charge in [0.25, 0.3) is 0 Å². The van der Waals surface area contributed by atoms with Gasteiger partial charge in [-0.3, -0.25) is 0 Å². The van der Waals surface area contributed by atoms with Crippen LogP contribution in [-0.2, 0) is 0 Å². The summed E-state index contributed by atoms with van der Waals surface area (Å²) in [4.78, 5) is 2.37. The molecule has 0 radical (unpaired) electrons. The van der Waals surface area contributed by atoms with Gasteiger partial charge in [0.1, 0.15) is 0 Å². The third kappa shape index (κ3) is 5.80. The fourth-order valence-electron chi connectivity index (χ4n) is 8.47. The number of nitrogens with zero attached hydrogens (tertiary/aromatic N) is 2. The lowest BCUT2D eigenvalue weighted by molar-refractivity contribution is 1.18. The van der Waals surface area contributed by atoms with Gasteiger partial charge in [-0.05, 0) is 100 Å². The van der Waals surface area contributed by atoms with Gasteiger partial charge in [-0.25, -0.2) is 0 Å².